The SMILES string of the molecule is CCCCCCCCC(NN)c1cc(C)cc(F)c1. The molecule has 3 N–H and O–H groups in total. The van der Waals surface area contributed by atoms with Gasteiger partial charge in [0.15, 0.2) is 0 Å². The first kappa shape index (κ1) is 16.1. The molecule has 2 nitrogen and oxygen atoms in total. The molecule has 108 valence electrons. The molecular weight excluding hydrogens is 239 g/mol. The van der Waals surface area contributed by atoms with Crippen molar-refractivity contribution in [2.75, 3.05) is 0 Å². The number of hydrogen-bond acceptors (Lipinski definition) is 2. The van der Waals surface area contributed by atoms with E-state index in [4.69, 9.17) is 5.84 Å². The lowest BCUT2D eigenvalue weighted by atomic mass is 9.98. The fourth-order valence-corrected chi connectivity index (χ4v) is 2.44. The van der Waals surface area contributed by atoms with Crippen molar-refractivity contribution in [2.24, 2.45) is 5.84 Å². The maximum absolute atomic E-state index is 13.4. The highest BCUT2D eigenvalue weighted by atomic mass is 19.1. The summed E-state index contributed by atoms with van der Waals surface area (Å²) in [6.45, 7) is 4.13. The van der Waals surface area contributed by atoms with Crippen LogP contribution in [-0.2, 0) is 0 Å². The number of hydrogen-bond donors (Lipinski definition) is 2. The van der Waals surface area contributed by atoms with Gasteiger partial charge in [-0.3, -0.25) is 11.3 Å². The highest BCUT2D eigenvalue weighted by Gasteiger charge is 2.10. The van der Waals surface area contributed by atoms with Crippen molar-refractivity contribution in [1.29, 1.82) is 0 Å². The number of rotatable bonds is 9. The van der Waals surface area contributed by atoms with Gasteiger partial charge in [-0.2, -0.15) is 0 Å². The van der Waals surface area contributed by atoms with E-state index in [0.29, 0.717) is 0 Å². The molecule has 0 aromatic heterocycles. The van der Waals surface area contributed by atoms with Crippen LogP contribution in [0.4, 0.5) is 4.39 Å². The van der Waals surface area contributed by atoms with Gasteiger partial charge in [-0.1, -0.05) is 51.5 Å². The molecule has 0 amide bonds. The molecule has 0 heterocycles. The highest BCUT2D eigenvalue weighted by Crippen LogP contribution is 2.21. The Kier molecular flexibility index (Phi) is 7.68. The summed E-state index contributed by atoms with van der Waals surface area (Å²) in [5.74, 6) is 5.41. The molecule has 0 saturated heterocycles. The van der Waals surface area contributed by atoms with Crippen LogP contribution in [0.3, 0.4) is 0 Å². The average Bonchev–Trinajstić information content (AvgIpc) is 2.37. The Morgan fingerprint density at radius 3 is 2.42 bits per heavy atom. The number of unbranched alkanes of at least 4 members (excludes halogenated alkanes) is 5. The molecule has 0 aliphatic carbocycles. The van der Waals surface area contributed by atoms with Crippen LogP contribution in [0.2, 0.25) is 0 Å². The summed E-state index contributed by atoms with van der Waals surface area (Å²) in [5.41, 5.74) is 4.70. The predicted molar refractivity (Wildman–Crippen MR) is 79.2 cm³/mol. The molecule has 1 unspecified atom stereocenters. The van der Waals surface area contributed by atoms with Crippen LogP contribution in [0.15, 0.2) is 18.2 Å². The second-order valence-corrected chi connectivity index (χ2v) is 5.34. The Hall–Kier alpha value is -0.930. The van der Waals surface area contributed by atoms with Gasteiger partial charge in [-0.25, -0.2) is 4.39 Å². The van der Waals surface area contributed by atoms with Crippen molar-refractivity contribution in [3.05, 3.63) is 35.1 Å². The van der Waals surface area contributed by atoms with E-state index in [2.05, 4.69) is 12.3 Å². The lowest BCUT2D eigenvalue weighted by Crippen LogP contribution is -2.28. The van der Waals surface area contributed by atoms with Gasteiger partial charge >= 0.3 is 0 Å². The third-order valence-corrected chi connectivity index (χ3v) is 3.51. The van der Waals surface area contributed by atoms with E-state index < -0.39 is 0 Å². The Balaban J connectivity index is 2.40. The molecule has 0 spiro atoms. The largest absolute Gasteiger partial charge is 0.271 e. The Morgan fingerprint density at radius 1 is 1.11 bits per heavy atom. The van der Waals surface area contributed by atoms with E-state index >= 15 is 0 Å². The van der Waals surface area contributed by atoms with E-state index in [0.717, 1.165) is 24.0 Å². The topological polar surface area (TPSA) is 38.0 Å². The highest BCUT2D eigenvalue weighted by molar-refractivity contribution is 5.26. The molecular formula is C16H27FN2. The fraction of sp³-hybridized carbons (Fsp3) is 0.625. The Bertz CT molecular complexity index is 346. The van der Waals surface area contributed by atoms with E-state index in [9.17, 15) is 4.39 Å². The van der Waals surface area contributed by atoms with E-state index in [1.165, 1.54) is 32.1 Å². The van der Waals surface area contributed by atoms with Crippen LogP contribution in [0.1, 0.15) is 69.0 Å². The molecule has 1 aromatic rings. The molecule has 0 fully saturated rings. The number of hydrazine groups is 1. The van der Waals surface area contributed by atoms with Gasteiger partial charge in [-0.05, 0) is 36.6 Å². The minimum absolute atomic E-state index is 0.0561. The molecule has 3 heteroatoms. The molecule has 1 rings (SSSR count). The predicted octanol–water partition coefficient (Wildman–Crippen LogP) is 4.39. The van der Waals surface area contributed by atoms with Gasteiger partial charge < -0.3 is 0 Å². The van der Waals surface area contributed by atoms with Crippen molar-refractivity contribution in [1.82, 2.24) is 5.43 Å². The fourth-order valence-electron chi connectivity index (χ4n) is 2.44. The first-order valence-electron chi connectivity index (χ1n) is 7.40. The summed E-state index contributed by atoms with van der Waals surface area (Å²) in [6, 6.07) is 5.18. The smallest absolute Gasteiger partial charge is 0.123 e. The maximum atomic E-state index is 13.4. The zero-order valence-electron chi connectivity index (χ0n) is 12.2. The molecule has 0 bridgehead atoms. The van der Waals surface area contributed by atoms with Gasteiger partial charge in [0.25, 0.3) is 0 Å². The summed E-state index contributed by atoms with van der Waals surface area (Å²) in [7, 11) is 0. The van der Waals surface area contributed by atoms with Gasteiger partial charge in [0.05, 0.1) is 0 Å². The lowest BCUT2D eigenvalue weighted by molar-refractivity contribution is 0.474. The van der Waals surface area contributed by atoms with Gasteiger partial charge in [0, 0.05) is 6.04 Å². The summed E-state index contributed by atoms with van der Waals surface area (Å²) < 4.78 is 13.4. The first-order chi connectivity index (χ1) is 9.17. The number of halogens is 1. The second kappa shape index (κ2) is 9.05. The quantitative estimate of drug-likeness (QED) is 0.395. The molecule has 1 aromatic carbocycles. The normalized spacial score (nSPS) is 12.6. The summed E-state index contributed by atoms with van der Waals surface area (Å²) in [6.07, 6.45) is 8.52. The van der Waals surface area contributed by atoms with E-state index in [-0.39, 0.29) is 11.9 Å². The minimum atomic E-state index is -0.182. The van der Waals surface area contributed by atoms with Crippen LogP contribution in [0.5, 0.6) is 0 Å². The van der Waals surface area contributed by atoms with Crippen LogP contribution in [0, 0.1) is 12.7 Å². The monoisotopic (exact) mass is 266 g/mol. The number of benzene rings is 1. The summed E-state index contributed by atoms with van der Waals surface area (Å²) in [4.78, 5) is 0. The van der Waals surface area contributed by atoms with Crippen molar-refractivity contribution < 1.29 is 4.39 Å². The molecule has 0 aliphatic heterocycles. The van der Waals surface area contributed by atoms with Gasteiger partial charge in [0.2, 0.25) is 0 Å². The zero-order chi connectivity index (χ0) is 14.1. The molecule has 0 saturated carbocycles. The number of nitrogens with two attached hydrogens (primary N) is 1. The molecule has 1 atom stereocenters. The second-order valence-electron chi connectivity index (χ2n) is 5.34. The average molecular weight is 266 g/mol. The van der Waals surface area contributed by atoms with Crippen molar-refractivity contribution in [3.8, 4) is 0 Å². The third kappa shape index (κ3) is 6.17. The molecule has 0 aliphatic rings. The minimum Gasteiger partial charge on any atom is -0.271 e. The molecule has 0 radical (unpaired) electrons. The van der Waals surface area contributed by atoms with E-state index in [1.54, 1.807) is 12.1 Å². The maximum Gasteiger partial charge on any atom is 0.123 e. The Labute approximate surface area is 116 Å². The van der Waals surface area contributed by atoms with E-state index in [1.807, 2.05) is 13.0 Å². The number of aryl methyl sites for hydroxylation is 1. The van der Waals surface area contributed by atoms with Gasteiger partial charge in [-0.15, -0.1) is 0 Å². The van der Waals surface area contributed by atoms with Crippen LogP contribution in [-0.4, -0.2) is 0 Å². The van der Waals surface area contributed by atoms with Crippen molar-refractivity contribution in [3.63, 3.8) is 0 Å². The van der Waals surface area contributed by atoms with Crippen LogP contribution >= 0.6 is 0 Å². The van der Waals surface area contributed by atoms with Crippen molar-refractivity contribution in [2.45, 2.75) is 64.8 Å². The van der Waals surface area contributed by atoms with Crippen LogP contribution in [0.25, 0.3) is 0 Å². The van der Waals surface area contributed by atoms with Crippen LogP contribution < -0.4 is 11.3 Å². The summed E-state index contributed by atoms with van der Waals surface area (Å²) in [5, 5.41) is 0. The Morgan fingerprint density at radius 2 is 1.79 bits per heavy atom. The third-order valence-electron chi connectivity index (χ3n) is 3.51. The van der Waals surface area contributed by atoms with Crippen molar-refractivity contribution >= 4 is 0 Å². The molecule has 19 heavy (non-hydrogen) atoms. The zero-order valence-corrected chi connectivity index (χ0v) is 12.2. The standard InChI is InChI=1S/C16H27FN2/c1-3-4-5-6-7-8-9-16(19-18)14-10-13(2)11-15(17)12-14/h10-12,16,19H,3-9,18H2,1-2H3. The summed E-state index contributed by atoms with van der Waals surface area (Å²) >= 11 is 0. The lowest BCUT2D eigenvalue weighted by Gasteiger charge is -2.17. The number of nitrogens with one attached hydrogen (secondary N) is 1. The first-order valence-corrected chi connectivity index (χ1v) is 7.40. The van der Waals surface area contributed by atoms with Gasteiger partial charge in [0.1, 0.15) is 5.82 Å².